The highest BCUT2D eigenvalue weighted by atomic mass is 32.2. The first-order chi connectivity index (χ1) is 14.6. The van der Waals surface area contributed by atoms with Gasteiger partial charge in [-0.1, -0.05) is 36.9 Å². The van der Waals surface area contributed by atoms with Gasteiger partial charge in [-0.3, -0.25) is 14.2 Å². The smallest absolute Gasteiger partial charge is 0.267 e. The number of rotatable bonds is 7. The molecule has 0 bridgehead atoms. The Labute approximate surface area is 183 Å². The van der Waals surface area contributed by atoms with Gasteiger partial charge >= 0.3 is 0 Å². The van der Waals surface area contributed by atoms with Crippen LogP contribution in [0, 0.1) is 5.92 Å². The third-order valence-corrected chi connectivity index (χ3v) is 7.36. The van der Waals surface area contributed by atoms with Gasteiger partial charge in [-0.15, -0.1) is 11.3 Å². The second kappa shape index (κ2) is 9.32. The molecule has 0 fully saturated rings. The Morgan fingerprint density at radius 3 is 2.93 bits per heavy atom. The fourth-order valence-electron chi connectivity index (χ4n) is 3.75. The van der Waals surface area contributed by atoms with Crippen LogP contribution in [0.4, 0.5) is 0 Å². The lowest BCUT2D eigenvalue weighted by molar-refractivity contribution is -0.118. The number of nitrogens with one attached hydrogen (secondary N) is 1. The van der Waals surface area contributed by atoms with Crippen molar-refractivity contribution in [3.8, 4) is 5.69 Å². The van der Waals surface area contributed by atoms with E-state index in [1.165, 1.54) is 22.2 Å². The number of aryl methyl sites for hydroxylation is 1. The highest BCUT2D eigenvalue weighted by Gasteiger charge is 2.25. The number of nitrogens with zero attached hydrogens (tertiary/aromatic N) is 2. The van der Waals surface area contributed by atoms with Crippen molar-refractivity contribution in [2.75, 3.05) is 26.0 Å². The monoisotopic (exact) mass is 443 g/mol. The SMILES string of the molecule is COCCNC(=O)CSc1nc2sc3c(c2c(=O)n1-c1ccccc1)CC[C@@H](C)C3. The number of methoxy groups -OCH3 is 1. The second-order valence-electron chi connectivity index (χ2n) is 7.53. The van der Waals surface area contributed by atoms with Crippen LogP contribution in [-0.4, -0.2) is 41.5 Å². The number of amides is 1. The minimum Gasteiger partial charge on any atom is -0.383 e. The molecule has 1 aromatic carbocycles. The van der Waals surface area contributed by atoms with Crippen molar-refractivity contribution in [2.24, 2.45) is 5.92 Å². The lowest BCUT2D eigenvalue weighted by Crippen LogP contribution is -2.29. The van der Waals surface area contributed by atoms with Crippen LogP contribution in [0.1, 0.15) is 23.8 Å². The number of thioether (sulfide) groups is 1. The molecule has 1 N–H and O–H groups in total. The largest absolute Gasteiger partial charge is 0.383 e. The maximum atomic E-state index is 13.6. The summed E-state index contributed by atoms with van der Waals surface area (Å²) in [6.07, 6.45) is 3.03. The molecule has 1 aliphatic rings. The van der Waals surface area contributed by atoms with Crippen LogP contribution in [-0.2, 0) is 22.4 Å². The Kier molecular flexibility index (Phi) is 6.55. The standard InChI is InChI=1S/C22H25N3O3S2/c1-14-8-9-16-17(12-14)30-20-19(16)21(27)25(15-6-4-3-5-7-15)22(24-20)29-13-18(26)23-10-11-28-2/h3-7,14H,8-13H2,1-2H3,(H,23,26)/t14-/m1/s1. The van der Waals surface area contributed by atoms with Crippen LogP contribution in [0.25, 0.3) is 15.9 Å². The van der Waals surface area contributed by atoms with Crippen molar-refractivity contribution >= 4 is 39.2 Å². The molecule has 0 radical (unpaired) electrons. The van der Waals surface area contributed by atoms with E-state index >= 15 is 0 Å². The Morgan fingerprint density at radius 1 is 1.37 bits per heavy atom. The molecule has 0 aliphatic heterocycles. The van der Waals surface area contributed by atoms with Crippen molar-refractivity contribution < 1.29 is 9.53 Å². The summed E-state index contributed by atoms with van der Waals surface area (Å²) in [5.74, 6) is 0.716. The van der Waals surface area contributed by atoms with Crippen LogP contribution >= 0.6 is 23.1 Å². The normalized spacial score (nSPS) is 15.9. The van der Waals surface area contributed by atoms with Crippen LogP contribution in [0.5, 0.6) is 0 Å². The van der Waals surface area contributed by atoms with Gasteiger partial charge in [0.25, 0.3) is 5.56 Å². The summed E-state index contributed by atoms with van der Waals surface area (Å²) in [4.78, 5) is 32.7. The minimum atomic E-state index is -0.106. The van der Waals surface area contributed by atoms with Crippen molar-refractivity contribution in [2.45, 2.75) is 31.3 Å². The molecule has 3 aromatic rings. The summed E-state index contributed by atoms with van der Waals surface area (Å²) in [6, 6.07) is 9.53. The molecule has 0 unspecified atom stereocenters. The quantitative estimate of drug-likeness (QED) is 0.344. The molecule has 1 amide bonds. The number of ether oxygens (including phenoxy) is 1. The van der Waals surface area contributed by atoms with Gasteiger partial charge < -0.3 is 10.1 Å². The van der Waals surface area contributed by atoms with Crippen molar-refractivity contribution in [3.63, 3.8) is 0 Å². The second-order valence-corrected chi connectivity index (χ2v) is 9.56. The number of fused-ring (bicyclic) bond motifs is 3. The number of hydrogen-bond donors (Lipinski definition) is 1. The van der Waals surface area contributed by atoms with E-state index in [-0.39, 0.29) is 17.2 Å². The highest BCUT2D eigenvalue weighted by molar-refractivity contribution is 7.99. The zero-order valence-electron chi connectivity index (χ0n) is 17.1. The number of aromatic nitrogens is 2. The third-order valence-electron chi connectivity index (χ3n) is 5.27. The molecular formula is C22H25N3O3S2. The van der Waals surface area contributed by atoms with Crippen LogP contribution in [0.15, 0.2) is 40.3 Å². The topological polar surface area (TPSA) is 73.2 Å². The Morgan fingerprint density at radius 2 is 2.17 bits per heavy atom. The van der Waals surface area contributed by atoms with Gasteiger partial charge in [-0.05, 0) is 42.9 Å². The average Bonchev–Trinajstić information content (AvgIpc) is 3.10. The molecule has 0 saturated carbocycles. The van der Waals surface area contributed by atoms with Crippen molar-refractivity contribution in [1.82, 2.24) is 14.9 Å². The molecule has 1 aliphatic carbocycles. The Bertz CT molecular complexity index is 1110. The summed E-state index contributed by atoms with van der Waals surface area (Å²) in [5.41, 5.74) is 1.90. The zero-order valence-corrected chi connectivity index (χ0v) is 18.8. The molecule has 6 nitrogen and oxygen atoms in total. The number of hydrogen-bond acceptors (Lipinski definition) is 6. The molecule has 30 heavy (non-hydrogen) atoms. The van der Waals surface area contributed by atoms with E-state index in [1.807, 2.05) is 30.3 Å². The van der Waals surface area contributed by atoms with E-state index in [0.717, 1.165) is 35.2 Å². The number of thiophene rings is 1. The highest BCUT2D eigenvalue weighted by Crippen LogP contribution is 2.36. The summed E-state index contributed by atoms with van der Waals surface area (Å²) < 4.78 is 6.62. The third kappa shape index (κ3) is 4.31. The molecule has 8 heteroatoms. The Balaban J connectivity index is 1.74. The van der Waals surface area contributed by atoms with Gasteiger partial charge in [0.1, 0.15) is 4.83 Å². The maximum Gasteiger partial charge on any atom is 0.267 e. The first-order valence-electron chi connectivity index (χ1n) is 10.1. The van der Waals surface area contributed by atoms with Crippen LogP contribution < -0.4 is 10.9 Å². The summed E-state index contributed by atoms with van der Waals surface area (Å²) >= 11 is 2.92. The van der Waals surface area contributed by atoms with Crippen LogP contribution in [0.2, 0.25) is 0 Å². The van der Waals surface area contributed by atoms with Gasteiger partial charge in [-0.25, -0.2) is 4.98 Å². The number of para-hydroxylation sites is 1. The van der Waals surface area contributed by atoms with Gasteiger partial charge in [0, 0.05) is 18.5 Å². The molecule has 2 heterocycles. The van der Waals surface area contributed by atoms with Gasteiger partial charge in [0.2, 0.25) is 5.91 Å². The lowest BCUT2D eigenvalue weighted by Gasteiger charge is -2.17. The molecule has 0 spiro atoms. The molecule has 0 saturated heterocycles. The number of carbonyl (C=O) groups excluding carboxylic acids is 1. The first-order valence-corrected chi connectivity index (χ1v) is 11.9. The Hall–Kier alpha value is -2.16. The predicted octanol–water partition coefficient (Wildman–Crippen LogP) is 3.43. The number of benzene rings is 1. The van der Waals surface area contributed by atoms with Gasteiger partial charge in [0.15, 0.2) is 5.16 Å². The average molecular weight is 444 g/mol. The van der Waals surface area contributed by atoms with E-state index < -0.39 is 0 Å². The maximum absolute atomic E-state index is 13.6. The fourth-order valence-corrected chi connectivity index (χ4v) is 6.01. The molecule has 2 aromatic heterocycles. The van der Waals surface area contributed by atoms with Gasteiger partial charge in [-0.2, -0.15) is 0 Å². The number of carbonyl (C=O) groups is 1. The van der Waals surface area contributed by atoms with E-state index in [0.29, 0.717) is 24.2 Å². The molecule has 158 valence electrons. The lowest BCUT2D eigenvalue weighted by atomic mass is 9.89. The zero-order chi connectivity index (χ0) is 21.1. The van der Waals surface area contributed by atoms with E-state index in [4.69, 9.17) is 9.72 Å². The predicted molar refractivity (Wildman–Crippen MR) is 122 cm³/mol. The van der Waals surface area contributed by atoms with Crippen molar-refractivity contribution in [3.05, 3.63) is 51.1 Å². The summed E-state index contributed by atoms with van der Waals surface area (Å²) in [7, 11) is 1.60. The van der Waals surface area contributed by atoms with E-state index in [1.54, 1.807) is 23.0 Å². The fraction of sp³-hybridized carbons (Fsp3) is 0.409. The molecule has 4 rings (SSSR count). The minimum absolute atomic E-state index is 0.0412. The first kappa shape index (κ1) is 21.1. The molecule has 1 atom stereocenters. The van der Waals surface area contributed by atoms with Crippen LogP contribution in [0.3, 0.4) is 0 Å². The van der Waals surface area contributed by atoms with Gasteiger partial charge in [0.05, 0.1) is 23.4 Å². The summed E-state index contributed by atoms with van der Waals surface area (Å²) in [5, 5.41) is 4.11. The van der Waals surface area contributed by atoms with E-state index in [9.17, 15) is 9.59 Å². The summed E-state index contributed by atoms with van der Waals surface area (Å²) in [6.45, 7) is 3.19. The molecular weight excluding hydrogens is 418 g/mol. The van der Waals surface area contributed by atoms with Crippen molar-refractivity contribution in [1.29, 1.82) is 0 Å². The van der Waals surface area contributed by atoms with E-state index in [2.05, 4.69) is 12.2 Å².